The molecule has 3 fully saturated rings. The lowest BCUT2D eigenvalue weighted by Crippen LogP contribution is -2.74. The van der Waals surface area contributed by atoms with Gasteiger partial charge in [-0.1, -0.05) is 0 Å². The lowest BCUT2D eigenvalue weighted by atomic mass is 9.83. The summed E-state index contributed by atoms with van der Waals surface area (Å²) in [5.74, 6) is 1.43. The SMILES string of the molecule is Cn1cc(Nc2nccc(N3CC(CC#N)(N4CCN5CCOC[C@@H]5C4)C3)n2)cn1. The molecule has 1 atom stereocenters. The summed E-state index contributed by atoms with van der Waals surface area (Å²) in [6, 6.07) is 4.80. The molecule has 158 valence electrons. The minimum atomic E-state index is -0.111. The Balaban J connectivity index is 1.27. The molecule has 5 rings (SSSR count). The first-order valence-corrected chi connectivity index (χ1v) is 10.4. The number of anilines is 3. The van der Waals surface area contributed by atoms with Crippen molar-refractivity contribution in [3.05, 3.63) is 24.7 Å². The average molecular weight is 409 g/mol. The third-order valence-corrected chi connectivity index (χ3v) is 6.41. The average Bonchev–Trinajstić information content (AvgIpc) is 3.14. The maximum atomic E-state index is 9.52. The maximum Gasteiger partial charge on any atom is 0.229 e. The molecule has 1 N–H and O–H groups in total. The summed E-state index contributed by atoms with van der Waals surface area (Å²) < 4.78 is 7.42. The van der Waals surface area contributed by atoms with E-state index in [2.05, 4.69) is 41.2 Å². The van der Waals surface area contributed by atoms with Crippen LogP contribution >= 0.6 is 0 Å². The molecule has 5 heterocycles. The fraction of sp³-hybridized carbons (Fsp3) is 0.600. The van der Waals surface area contributed by atoms with Gasteiger partial charge in [0.2, 0.25) is 5.95 Å². The quantitative estimate of drug-likeness (QED) is 0.754. The van der Waals surface area contributed by atoms with Crippen LogP contribution in [0.1, 0.15) is 6.42 Å². The van der Waals surface area contributed by atoms with E-state index < -0.39 is 0 Å². The van der Waals surface area contributed by atoms with Gasteiger partial charge in [-0.3, -0.25) is 14.5 Å². The first kappa shape index (κ1) is 19.2. The molecule has 3 aliphatic rings. The van der Waals surface area contributed by atoms with E-state index in [1.54, 1.807) is 17.1 Å². The first-order valence-electron chi connectivity index (χ1n) is 10.4. The second-order valence-corrected chi connectivity index (χ2v) is 8.39. The maximum absolute atomic E-state index is 9.52. The van der Waals surface area contributed by atoms with Crippen LogP contribution in [-0.2, 0) is 11.8 Å². The van der Waals surface area contributed by atoms with E-state index in [1.807, 2.05) is 19.3 Å². The third kappa shape index (κ3) is 3.60. The van der Waals surface area contributed by atoms with Crippen molar-refractivity contribution in [2.75, 3.05) is 62.7 Å². The number of nitrogens with zero attached hydrogens (tertiary/aromatic N) is 8. The molecule has 0 spiro atoms. The number of piperazine rings is 1. The zero-order valence-corrected chi connectivity index (χ0v) is 17.2. The summed E-state index contributed by atoms with van der Waals surface area (Å²) in [5.41, 5.74) is 0.741. The van der Waals surface area contributed by atoms with Crippen LogP contribution in [0.5, 0.6) is 0 Å². The van der Waals surface area contributed by atoms with E-state index in [1.165, 1.54) is 0 Å². The zero-order valence-electron chi connectivity index (χ0n) is 17.2. The molecule has 3 aliphatic heterocycles. The number of hydrogen-bond acceptors (Lipinski definition) is 9. The van der Waals surface area contributed by atoms with Crippen molar-refractivity contribution in [3.63, 3.8) is 0 Å². The van der Waals surface area contributed by atoms with E-state index in [0.29, 0.717) is 18.4 Å². The Labute approximate surface area is 176 Å². The Kier molecular flexibility index (Phi) is 5.02. The largest absolute Gasteiger partial charge is 0.378 e. The zero-order chi connectivity index (χ0) is 20.6. The number of fused-ring (bicyclic) bond motifs is 1. The lowest BCUT2D eigenvalue weighted by Gasteiger charge is -2.58. The molecule has 2 aromatic rings. The smallest absolute Gasteiger partial charge is 0.229 e. The monoisotopic (exact) mass is 409 g/mol. The molecule has 10 heteroatoms. The molecule has 3 saturated heterocycles. The van der Waals surface area contributed by atoms with Crippen LogP contribution in [0.4, 0.5) is 17.5 Å². The van der Waals surface area contributed by atoms with Gasteiger partial charge in [0.25, 0.3) is 0 Å². The number of ether oxygens (including phenoxy) is 1. The second-order valence-electron chi connectivity index (χ2n) is 8.39. The number of nitrogens with one attached hydrogen (secondary N) is 1. The van der Waals surface area contributed by atoms with Gasteiger partial charge in [0.15, 0.2) is 0 Å². The molecule has 0 aliphatic carbocycles. The highest BCUT2D eigenvalue weighted by Gasteiger charge is 2.50. The Morgan fingerprint density at radius 2 is 2.23 bits per heavy atom. The van der Waals surface area contributed by atoms with Gasteiger partial charge in [0.05, 0.1) is 43.1 Å². The van der Waals surface area contributed by atoms with Crippen molar-refractivity contribution >= 4 is 17.5 Å². The molecule has 0 aromatic carbocycles. The molecule has 10 nitrogen and oxygen atoms in total. The van der Waals surface area contributed by atoms with Gasteiger partial charge in [-0.15, -0.1) is 0 Å². The molecule has 2 aromatic heterocycles. The standard InChI is InChI=1S/C20H27N9O/c1-26-11-16(10-23-26)24-19-22-5-2-18(25-19)28-14-20(15-28,3-4-21)29-7-6-27-8-9-30-13-17(27)12-29/h2,5,10-11,17H,3,6-9,12-15H2,1H3,(H,22,24,25)/t17-/m0/s1. The van der Waals surface area contributed by atoms with Crippen molar-refractivity contribution < 1.29 is 4.74 Å². The van der Waals surface area contributed by atoms with Gasteiger partial charge in [-0.2, -0.15) is 15.3 Å². The predicted molar refractivity (Wildman–Crippen MR) is 111 cm³/mol. The summed E-state index contributed by atoms with van der Waals surface area (Å²) in [4.78, 5) is 16.3. The van der Waals surface area contributed by atoms with Gasteiger partial charge >= 0.3 is 0 Å². The number of aromatic nitrogens is 4. The molecular weight excluding hydrogens is 382 g/mol. The third-order valence-electron chi connectivity index (χ3n) is 6.41. The fourth-order valence-corrected chi connectivity index (χ4v) is 4.77. The Morgan fingerprint density at radius 3 is 3.03 bits per heavy atom. The van der Waals surface area contributed by atoms with Crippen LogP contribution in [0, 0.1) is 11.3 Å². The van der Waals surface area contributed by atoms with Crippen molar-refractivity contribution in [2.24, 2.45) is 7.05 Å². The molecular formula is C20H27N9O. The fourth-order valence-electron chi connectivity index (χ4n) is 4.77. The Hall–Kier alpha value is -2.74. The van der Waals surface area contributed by atoms with Gasteiger partial charge in [0.1, 0.15) is 5.82 Å². The topological polar surface area (TPSA) is 98.4 Å². The number of nitriles is 1. The molecule has 0 amide bonds. The molecule has 0 unspecified atom stereocenters. The Bertz CT molecular complexity index is 932. The minimum Gasteiger partial charge on any atom is -0.378 e. The number of hydrogen-bond donors (Lipinski definition) is 1. The van der Waals surface area contributed by atoms with Crippen molar-refractivity contribution in [1.82, 2.24) is 29.5 Å². The highest BCUT2D eigenvalue weighted by Crippen LogP contribution is 2.36. The van der Waals surface area contributed by atoms with Crippen LogP contribution in [0.2, 0.25) is 0 Å². The highest BCUT2D eigenvalue weighted by molar-refractivity contribution is 5.54. The highest BCUT2D eigenvalue weighted by atomic mass is 16.5. The number of rotatable bonds is 5. The summed E-state index contributed by atoms with van der Waals surface area (Å²) in [6.07, 6.45) is 5.92. The first-order chi connectivity index (χ1) is 14.6. The number of aryl methyl sites for hydroxylation is 1. The van der Waals surface area contributed by atoms with Gasteiger partial charge < -0.3 is 15.0 Å². The van der Waals surface area contributed by atoms with Crippen molar-refractivity contribution in [3.8, 4) is 6.07 Å². The molecule has 0 saturated carbocycles. The molecule has 0 radical (unpaired) electrons. The lowest BCUT2D eigenvalue weighted by molar-refractivity contribution is -0.0753. The van der Waals surface area contributed by atoms with E-state index in [0.717, 1.165) is 64.0 Å². The van der Waals surface area contributed by atoms with E-state index in [-0.39, 0.29) is 5.54 Å². The van der Waals surface area contributed by atoms with E-state index in [4.69, 9.17) is 4.74 Å². The number of morpholine rings is 1. The second kappa shape index (κ2) is 7.83. The summed E-state index contributed by atoms with van der Waals surface area (Å²) in [7, 11) is 1.87. The van der Waals surface area contributed by atoms with Crippen molar-refractivity contribution in [1.29, 1.82) is 5.26 Å². The summed E-state index contributed by atoms with van der Waals surface area (Å²) in [6.45, 7) is 7.26. The van der Waals surface area contributed by atoms with Gasteiger partial charge in [-0.25, -0.2) is 4.98 Å². The van der Waals surface area contributed by atoms with Crippen molar-refractivity contribution in [2.45, 2.75) is 18.0 Å². The van der Waals surface area contributed by atoms with Crippen LogP contribution in [0.15, 0.2) is 24.7 Å². The van der Waals surface area contributed by atoms with Crippen LogP contribution < -0.4 is 10.2 Å². The van der Waals surface area contributed by atoms with E-state index in [9.17, 15) is 5.26 Å². The molecule has 0 bridgehead atoms. The Morgan fingerprint density at radius 1 is 1.33 bits per heavy atom. The normalized spacial score (nSPS) is 24.0. The van der Waals surface area contributed by atoms with Crippen LogP contribution in [0.25, 0.3) is 0 Å². The van der Waals surface area contributed by atoms with Crippen LogP contribution in [-0.4, -0.2) is 93.6 Å². The van der Waals surface area contributed by atoms with Gasteiger partial charge in [-0.05, 0) is 6.07 Å². The van der Waals surface area contributed by atoms with Gasteiger partial charge in [0, 0.05) is 64.8 Å². The predicted octanol–water partition coefficient (Wildman–Crippen LogP) is 0.443. The minimum absolute atomic E-state index is 0.111. The van der Waals surface area contributed by atoms with E-state index >= 15 is 0 Å². The molecule has 30 heavy (non-hydrogen) atoms. The summed E-state index contributed by atoms with van der Waals surface area (Å²) in [5, 5.41) is 16.9. The van der Waals surface area contributed by atoms with Crippen LogP contribution in [0.3, 0.4) is 0 Å². The summed E-state index contributed by atoms with van der Waals surface area (Å²) >= 11 is 0.